The summed E-state index contributed by atoms with van der Waals surface area (Å²) in [6, 6.07) is 6.81. The summed E-state index contributed by atoms with van der Waals surface area (Å²) >= 11 is 0. The van der Waals surface area contributed by atoms with Gasteiger partial charge < -0.3 is 15.4 Å². The van der Waals surface area contributed by atoms with Gasteiger partial charge in [-0.2, -0.15) is 0 Å². The smallest absolute Gasteiger partial charge is 0.237 e. The molecule has 0 aromatic heterocycles. The lowest BCUT2D eigenvalue weighted by Crippen LogP contribution is -2.43. The van der Waals surface area contributed by atoms with Crippen molar-refractivity contribution in [2.75, 3.05) is 13.7 Å². The van der Waals surface area contributed by atoms with Crippen molar-refractivity contribution in [1.29, 1.82) is 0 Å². The number of rotatable bonds is 5. The number of carbonyl (C=O) groups is 1. The van der Waals surface area contributed by atoms with Crippen molar-refractivity contribution in [3.05, 3.63) is 29.3 Å². The van der Waals surface area contributed by atoms with E-state index in [1.54, 1.807) is 7.11 Å². The fourth-order valence-electron chi connectivity index (χ4n) is 3.99. The molecule has 0 spiro atoms. The largest absolute Gasteiger partial charge is 0.496 e. The van der Waals surface area contributed by atoms with Gasteiger partial charge in [0.15, 0.2) is 0 Å². The Morgan fingerprint density at radius 1 is 1.35 bits per heavy atom. The van der Waals surface area contributed by atoms with Gasteiger partial charge in [0, 0.05) is 12.6 Å². The predicted octanol–water partition coefficient (Wildman–Crippen LogP) is 2.58. The summed E-state index contributed by atoms with van der Waals surface area (Å²) in [5, 5.41) is 6.63. The quantitative estimate of drug-likeness (QED) is 0.878. The van der Waals surface area contributed by atoms with Crippen LogP contribution in [0.1, 0.15) is 43.2 Å². The highest BCUT2D eigenvalue weighted by molar-refractivity contribution is 5.82. The Balaban J connectivity index is 1.46. The topological polar surface area (TPSA) is 50.4 Å². The molecular formula is C19H28N2O2. The molecule has 23 heavy (non-hydrogen) atoms. The number of ether oxygens (including phenoxy) is 1. The standard InChI is InChI=1S/C19H28N2O2/c1-13-7-8-14(11-18(13)23-2)9-10-20-19(22)17-12-15-5-3-4-6-16(15)21-17/h7-8,11,15-17,21H,3-6,9-10,12H2,1-2H3,(H,20,22). The lowest BCUT2D eigenvalue weighted by Gasteiger charge is -2.24. The number of hydrogen-bond acceptors (Lipinski definition) is 3. The van der Waals surface area contributed by atoms with Crippen molar-refractivity contribution in [2.24, 2.45) is 5.92 Å². The highest BCUT2D eigenvalue weighted by Gasteiger charge is 2.37. The van der Waals surface area contributed by atoms with Gasteiger partial charge in [0.25, 0.3) is 0 Å². The number of methoxy groups -OCH3 is 1. The first-order chi connectivity index (χ1) is 11.2. The van der Waals surface area contributed by atoms with Gasteiger partial charge in [-0.15, -0.1) is 0 Å². The van der Waals surface area contributed by atoms with Crippen molar-refractivity contribution >= 4 is 5.91 Å². The summed E-state index contributed by atoms with van der Waals surface area (Å²) in [5.74, 6) is 1.79. The van der Waals surface area contributed by atoms with Crippen molar-refractivity contribution in [3.8, 4) is 5.75 Å². The number of benzene rings is 1. The van der Waals surface area contributed by atoms with Crippen LogP contribution in [0.15, 0.2) is 18.2 Å². The molecule has 1 heterocycles. The van der Waals surface area contributed by atoms with Gasteiger partial charge in [-0.25, -0.2) is 0 Å². The molecule has 1 aromatic carbocycles. The first-order valence-electron chi connectivity index (χ1n) is 8.84. The predicted molar refractivity (Wildman–Crippen MR) is 91.7 cm³/mol. The van der Waals surface area contributed by atoms with Gasteiger partial charge in [0.1, 0.15) is 5.75 Å². The van der Waals surface area contributed by atoms with Crippen molar-refractivity contribution in [3.63, 3.8) is 0 Å². The van der Waals surface area contributed by atoms with Gasteiger partial charge in [-0.1, -0.05) is 25.0 Å². The summed E-state index contributed by atoms with van der Waals surface area (Å²) < 4.78 is 5.35. The molecule has 2 N–H and O–H groups in total. The molecule has 3 rings (SSSR count). The Hall–Kier alpha value is -1.55. The number of nitrogens with one attached hydrogen (secondary N) is 2. The Kier molecular flexibility index (Phi) is 5.21. The summed E-state index contributed by atoms with van der Waals surface area (Å²) in [5.41, 5.74) is 2.33. The minimum Gasteiger partial charge on any atom is -0.496 e. The molecule has 1 amide bonds. The third-order valence-electron chi connectivity index (χ3n) is 5.36. The van der Waals surface area contributed by atoms with E-state index in [9.17, 15) is 4.79 Å². The molecule has 0 radical (unpaired) electrons. The molecule has 1 saturated carbocycles. The monoisotopic (exact) mass is 316 g/mol. The zero-order valence-electron chi connectivity index (χ0n) is 14.2. The van der Waals surface area contributed by atoms with E-state index in [4.69, 9.17) is 4.74 Å². The summed E-state index contributed by atoms with van der Waals surface area (Å²) in [7, 11) is 1.69. The Morgan fingerprint density at radius 3 is 2.96 bits per heavy atom. The summed E-state index contributed by atoms with van der Waals surface area (Å²) in [4.78, 5) is 12.4. The first-order valence-corrected chi connectivity index (χ1v) is 8.84. The van der Waals surface area contributed by atoms with Gasteiger partial charge >= 0.3 is 0 Å². The maximum absolute atomic E-state index is 12.4. The highest BCUT2D eigenvalue weighted by Crippen LogP contribution is 2.33. The van der Waals surface area contributed by atoms with Crippen LogP contribution >= 0.6 is 0 Å². The van der Waals surface area contributed by atoms with E-state index < -0.39 is 0 Å². The maximum atomic E-state index is 12.4. The second kappa shape index (κ2) is 7.35. The highest BCUT2D eigenvalue weighted by atomic mass is 16.5. The lowest BCUT2D eigenvalue weighted by atomic mass is 9.85. The van der Waals surface area contributed by atoms with E-state index in [-0.39, 0.29) is 11.9 Å². The average Bonchev–Trinajstić information content (AvgIpc) is 3.00. The van der Waals surface area contributed by atoms with Gasteiger partial charge in [-0.05, 0) is 55.7 Å². The van der Waals surface area contributed by atoms with Crippen LogP contribution in [-0.2, 0) is 11.2 Å². The molecule has 4 heteroatoms. The number of carbonyl (C=O) groups excluding carboxylic acids is 1. The van der Waals surface area contributed by atoms with Crippen molar-refractivity contribution in [1.82, 2.24) is 10.6 Å². The first kappa shape index (κ1) is 16.3. The van der Waals surface area contributed by atoms with Gasteiger partial charge in [0.2, 0.25) is 5.91 Å². The number of aryl methyl sites for hydroxylation is 1. The third kappa shape index (κ3) is 3.86. The van der Waals surface area contributed by atoms with E-state index >= 15 is 0 Å². The third-order valence-corrected chi connectivity index (χ3v) is 5.36. The Labute approximate surface area is 139 Å². The molecule has 0 bridgehead atoms. The Morgan fingerprint density at radius 2 is 2.17 bits per heavy atom. The second-order valence-corrected chi connectivity index (χ2v) is 6.95. The lowest BCUT2D eigenvalue weighted by molar-refractivity contribution is -0.122. The fourth-order valence-corrected chi connectivity index (χ4v) is 3.99. The van der Waals surface area contributed by atoms with Crippen LogP contribution in [0.5, 0.6) is 5.75 Å². The molecule has 2 fully saturated rings. The molecule has 2 aliphatic rings. The normalized spacial score (nSPS) is 26.6. The Bertz CT molecular complexity index is 544. The number of fused-ring (bicyclic) bond motifs is 1. The minimum atomic E-state index is 0.00986. The molecule has 3 unspecified atom stereocenters. The molecule has 3 atom stereocenters. The van der Waals surface area contributed by atoms with Gasteiger partial charge in [-0.3, -0.25) is 4.79 Å². The molecule has 4 nitrogen and oxygen atoms in total. The summed E-state index contributed by atoms with van der Waals surface area (Å²) in [6.45, 7) is 2.72. The minimum absolute atomic E-state index is 0.00986. The van der Waals surface area contributed by atoms with Crippen LogP contribution in [-0.4, -0.2) is 31.6 Å². The average molecular weight is 316 g/mol. The molecule has 1 aliphatic carbocycles. The fraction of sp³-hybridized carbons (Fsp3) is 0.632. The van der Waals surface area contributed by atoms with Crippen LogP contribution in [0.25, 0.3) is 0 Å². The van der Waals surface area contributed by atoms with Crippen LogP contribution in [0.3, 0.4) is 0 Å². The van der Waals surface area contributed by atoms with E-state index in [2.05, 4.69) is 28.8 Å². The molecule has 1 aliphatic heterocycles. The zero-order chi connectivity index (χ0) is 16.2. The molecule has 1 saturated heterocycles. The molecule has 1 aromatic rings. The van der Waals surface area contributed by atoms with E-state index in [0.29, 0.717) is 18.5 Å². The van der Waals surface area contributed by atoms with Crippen LogP contribution in [0.2, 0.25) is 0 Å². The van der Waals surface area contributed by atoms with Crippen molar-refractivity contribution in [2.45, 2.75) is 57.5 Å². The van der Waals surface area contributed by atoms with Crippen LogP contribution in [0, 0.1) is 12.8 Å². The van der Waals surface area contributed by atoms with Crippen LogP contribution in [0.4, 0.5) is 0 Å². The maximum Gasteiger partial charge on any atom is 0.237 e. The SMILES string of the molecule is COc1cc(CCNC(=O)C2CC3CCCCC3N2)ccc1C. The van der Waals surface area contributed by atoms with E-state index in [0.717, 1.165) is 24.2 Å². The second-order valence-electron chi connectivity index (χ2n) is 6.95. The van der Waals surface area contributed by atoms with E-state index in [1.807, 2.05) is 6.92 Å². The zero-order valence-corrected chi connectivity index (χ0v) is 14.2. The van der Waals surface area contributed by atoms with Crippen molar-refractivity contribution < 1.29 is 9.53 Å². The molecular weight excluding hydrogens is 288 g/mol. The summed E-state index contributed by atoms with van der Waals surface area (Å²) in [6.07, 6.45) is 6.99. The number of hydrogen-bond donors (Lipinski definition) is 2. The number of amides is 1. The van der Waals surface area contributed by atoms with Crippen LogP contribution < -0.4 is 15.4 Å². The van der Waals surface area contributed by atoms with Gasteiger partial charge in [0.05, 0.1) is 13.2 Å². The molecule has 126 valence electrons. The van der Waals surface area contributed by atoms with E-state index in [1.165, 1.54) is 31.2 Å².